The first kappa shape index (κ1) is 15.4. The van der Waals surface area contributed by atoms with Gasteiger partial charge in [0.15, 0.2) is 0 Å². The molecule has 111 valence electrons. The van der Waals surface area contributed by atoms with Crippen LogP contribution in [0, 0.1) is 18.3 Å². The van der Waals surface area contributed by atoms with Crippen molar-refractivity contribution in [2.24, 2.45) is 11.8 Å². The second-order valence-corrected chi connectivity index (χ2v) is 7.16. The fourth-order valence-corrected chi connectivity index (χ4v) is 4.19. The Morgan fingerprint density at radius 2 is 1.00 bits per heavy atom. The number of hydrogen-bond donors (Lipinski definition) is 0. The zero-order chi connectivity index (χ0) is 13.2. The van der Waals surface area contributed by atoms with Crippen molar-refractivity contribution in [3.05, 3.63) is 6.42 Å². The van der Waals surface area contributed by atoms with Crippen molar-refractivity contribution in [1.82, 2.24) is 0 Å². The van der Waals surface area contributed by atoms with E-state index >= 15 is 0 Å². The first-order valence-corrected chi connectivity index (χ1v) is 9.27. The molecule has 2 aliphatic rings. The largest absolute Gasteiger partial charge is 0.0530 e. The van der Waals surface area contributed by atoms with Gasteiger partial charge in [-0.1, -0.05) is 103 Å². The van der Waals surface area contributed by atoms with E-state index in [2.05, 4.69) is 6.42 Å². The van der Waals surface area contributed by atoms with Gasteiger partial charge in [-0.15, -0.1) is 0 Å². The molecular formula is C19H35. The molecule has 0 atom stereocenters. The predicted molar refractivity (Wildman–Crippen MR) is 85.2 cm³/mol. The van der Waals surface area contributed by atoms with Gasteiger partial charge in [0.2, 0.25) is 0 Å². The van der Waals surface area contributed by atoms with Crippen molar-refractivity contribution in [2.45, 2.75) is 103 Å². The summed E-state index contributed by atoms with van der Waals surface area (Å²) in [5.74, 6) is 2.21. The molecule has 2 saturated carbocycles. The lowest BCUT2D eigenvalue weighted by atomic mass is 9.97. The van der Waals surface area contributed by atoms with E-state index in [1.54, 1.807) is 0 Å². The maximum atomic E-state index is 2.57. The highest BCUT2D eigenvalue weighted by molar-refractivity contribution is 4.71. The molecule has 0 aromatic heterocycles. The molecule has 19 heavy (non-hydrogen) atoms. The Balaban J connectivity index is 1.28. The van der Waals surface area contributed by atoms with Crippen LogP contribution in [0.4, 0.5) is 0 Å². The summed E-state index contributed by atoms with van der Waals surface area (Å²) >= 11 is 0. The fourth-order valence-electron chi connectivity index (χ4n) is 4.19. The van der Waals surface area contributed by atoms with E-state index in [4.69, 9.17) is 0 Å². The SMILES string of the molecule is [CH](CCCCC1CCCC1)CCCCC1CCCC1. The summed E-state index contributed by atoms with van der Waals surface area (Å²) in [5, 5.41) is 0. The van der Waals surface area contributed by atoms with Gasteiger partial charge in [-0.25, -0.2) is 0 Å². The van der Waals surface area contributed by atoms with E-state index in [1.165, 1.54) is 103 Å². The molecule has 0 aromatic carbocycles. The van der Waals surface area contributed by atoms with Crippen LogP contribution in [0.1, 0.15) is 103 Å². The predicted octanol–water partition coefficient (Wildman–Crippen LogP) is 6.69. The fraction of sp³-hybridized carbons (Fsp3) is 0.947. The van der Waals surface area contributed by atoms with Gasteiger partial charge in [0.25, 0.3) is 0 Å². The Bertz CT molecular complexity index is 174. The molecule has 2 rings (SSSR count). The van der Waals surface area contributed by atoms with Gasteiger partial charge in [-0.05, 0) is 18.3 Å². The van der Waals surface area contributed by atoms with Gasteiger partial charge in [0.1, 0.15) is 0 Å². The van der Waals surface area contributed by atoms with Gasteiger partial charge in [-0.2, -0.15) is 0 Å². The lowest BCUT2D eigenvalue weighted by molar-refractivity contribution is 0.464. The smallest absolute Gasteiger partial charge is 0.0386 e. The van der Waals surface area contributed by atoms with Crippen LogP contribution >= 0.6 is 0 Å². The highest BCUT2D eigenvalue weighted by Gasteiger charge is 2.14. The summed E-state index contributed by atoms with van der Waals surface area (Å²) in [6, 6.07) is 0. The average Bonchev–Trinajstić information content (AvgIpc) is 3.10. The molecule has 0 saturated heterocycles. The molecule has 2 aliphatic carbocycles. The van der Waals surface area contributed by atoms with Crippen LogP contribution < -0.4 is 0 Å². The summed E-state index contributed by atoms with van der Waals surface area (Å²) < 4.78 is 0. The second kappa shape index (κ2) is 9.83. The van der Waals surface area contributed by atoms with Gasteiger partial charge in [-0.3, -0.25) is 0 Å². The minimum atomic E-state index is 1.10. The lowest BCUT2D eigenvalue weighted by Crippen LogP contribution is -1.93. The van der Waals surface area contributed by atoms with Gasteiger partial charge >= 0.3 is 0 Å². The van der Waals surface area contributed by atoms with Crippen LogP contribution in [0.5, 0.6) is 0 Å². The first-order chi connectivity index (χ1) is 9.45. The van der Waals surface area contributed by atoms with Crippen LogP contribution in [0.3, 0.4) is 0 Å². The molecule has 0 amide bonds. The Kier molecular flexibility index (Phi) is 7.97. The molecular weight excluding hydrogens is 228 g/mol. The molecule has 0 unspecified atom stereocenters. The van der Waals surface area contributed by atoms with Crippen molar-refractivity contribution in [3.63, 3.8) is 0 Å². The molecule has 0 bridgehead atoms. The Labute approximate surface area is 121 Å². The summed E-state index contributed by atoms with van der Waals surface area (Å²) in [6.07, 6.45) is 26.5. The van der Waals surface area contributed by atoms with Crippen molar-refractivity contribution >= 4 is 0 Å². The van der Waals surface area contributed by atoms with E-state index in [1.807, 2.05) is 0 Å². The maximum Gasteiger partial charge on any atom is -0.0386 e. The third-order valence-electron chi connectivity index (χ3n) is 5.49. The minimum absolute atomic E-state index is 1.10. The summed E-state index contributed by atoms with van der Waals surface area (Å²) in [4.78, 5) is 0. The molecule has 2 fully saturated rings. The first-order valence-electron chi connectivity index (χ1n) is 9.27. The van der Waals surface area contributed by atoms with Gasteiger partial charge < -0.3 is 0 Å². The lowest BCUT2D eigenvalue weighted by Gasteiger charge is -2.09. The molecule has 0 spiro atoms. The van der Waals surface area contributed by atoms with E-state index in [9.17, 15) is 0 Å². The number of hydrogen-bond acceptors (Lipinski definition) is 0. The minimum Gasteiger partial charge on any atom is -0.0530 e. The summed E-state index contributed by atoms with van der Waals surface area (Å²) in [7, 11) is 0. The van der Waals surface area contributed by atoms with Crippen molar-refractivity contribution in [3.8, 4) is 0 Å². The quantitative estimate of drug-likeness (QED) is 0.385. The molecule has 0 nitrogen and oxygen atoms in total. The molecule has 0 N–H and O–H groups in total. The monoisotopic (exact) mass is 263 g/mol. The average molecular weight is 263 g/mol. The molecule has 1 radical (unpaired) electrons. The van der Waals surface area contributed by atoms with Crippen LogP contribution in [-0.2, 0) is 0 Å². The van der Waals surface area contributed by atoms with Gasteiger partial charge in [0, 0.05) is 0 Å². The van der Waals surface area contributed by atoms with E-state index < -0.39 is 0 Å². The summed E-state index contributed by atoms with van der Waals surface area (Å²) in [5.41, 5.74) is 0. The number of unbranched alkanes of at least 4 members (excludes halogenated alkanes) is 6. The topological polar surface area (TPSA) is 0 Å². The van der Waals surface area contributed by atoms with Crippen molar-refractivity contribution in [2.75, 3.05) is 0 Å². The molecule has 0 heterocycles. The van der Waals surface area contributed by atoms with E-state index in [0.717, 1.165) is 11.8 Å². The van der Waals surface area contributed by atoms with E-state index in [0.29, 0.717) is 0 Å². The zero-order valence-corrected chi connectivity index (χ0v) is 13.0. The maximum absolute atomic E-state index is 2.57. The van der Waals surface area contributed by atoms with Crippen LogP contribution in [0.25, 0.3) is 0 Å². The standard InChI is InChI=1S/C19H35/c1(2-4-6-12-18-14-8-9-15-18)3-5-7-13-19-16-10-11-17-19/h1,18-19H,2-17H2. The molecule has 0 aromatic rings. The highest BCUT2D eigenvalue weighted by atomic mass is 14.2. The van der Waals surface area contributed by atoms with Crippen LogP contribution in [-0.4, -0.2) is 0 Å². The van der Waals surface area contributed by atoms with Gasteiger partial charge in [0.05, 0.1) is 0 Å². The second-order valence-electron chi connectivity index (χ2n) is 7.16. The summed E-state index contributed by atoms with van der Waals surface area (Å²) in [6.45, 7) is 0. The van der Waals surface area contributed by atoms with Crippen molar-refractivity contribution < 1.29 is 0 Å². The molecule has 0 heteroatoms. The highest BCUT2D eigenvalue weighted by Crippen LogP contribution is 2.30. The van der Waals surface area contributed by atoms with Crippen LogP contribution in [0.2, 0.25) is 0 Å². The third-order valence-corrected chi connectivity index (χ3v) is 5.49. The molecule has 0 aliphatic heterocycles. The Morgan fingerprint density at radius 1 is 0.579 bits per heavy atom. The Hall–Kier alpha value is 0. The van der Waals surface area contributed by atoms with Crippen LogP contribution in [0.15, 0.2) is 0 Å². The van der Waals surface area contributed by atoms with E-state index in [-0.39, 0.29) is 0 Å². The normalized spacial score (nSPS) is 21.5. The Morgan fingerprint density at radius 3 is 1.42 bits per heavy atom. The number of rotatable bonds is 10. The third kappa shape index (κ3) is 6.82. The van der Waals surface area contributed by atoms with Crippen molar-refractivity contribution in [1.29, 1.82) is 0 Å². The zero-order valence-electron chi connectivity index (χ0n) is 13.0.